The number of hydrogen-bond donors (Lipinski definition) is 2. The largest absolute Gasteiger partial charge is 0.459 e. The van der Waals surface area contributed by atoms with Crippen molar-refractivity contribution in [3.05, 3.63) is 77.7 Å². The van der Waals surface area contributed by atoms with Crippen LogP contribution in [0.1, 0.15) is 35.0 Å². The Kier molecular flexibility index (Phi) is 6.77. The fourth-order valence-electron chi connectivity index (χ4n) is 2.78. The van der Waals surface area contributed by atoms with E-state index in [1.807, 2.05) is 57.2 Å². The Morgan fingerprint density at radius 1 is 0.966 bits per heavy atom. The minimum atomic E-state index is -0.309. The molecule has 2 aromatic carbocycles. The lowest BCUT2D eigenvalue weighted by Gasteiger charge is -2.16. The number of carbonyl (C=O) groups is 2. The van der Waals surface area contributed by atoms with Crippen molar-refractivity contribution in [1.29, 1.82) is 0 Å². The molecule has 3 aromatic rings. The second kappa shape index (κ2) is 9.47. The van der Waals surface area contributed by atoms with E-state index >= 15 is 0 Å². The smallest absolute Gasteiger partial charge is 0.291 e. The first-order chi connectivity index (χ1) is 14.0. The van der Waals surface area contributed by atoms with Gasteiger partial charge >= 0.3 is 0 Å². The van der Waals surface area contributed by atoms with Crippen molar-refractivity contribution in [3.8, 4) is 0 Å². The van der Waals surface area contributed by atoms with Crippen molar-refractivity contribution in [3.63, 3.8) is 0 Å². The highest BCUT2D eigenvalue weighted by Crippen LogP contribution is 2.29. The van der Waals surface area contributed by atoms with E-state index in [-0.39, 0.29) is 22.8 Å². The number of anilines is 2. The van der Waals surface area contributed by atoms with Gasteiger partial charge < -0.3 is 15.1 Å². The summed E-state index contributed by atoms with van der Waals surface area (Å²) in [5, 5.41) is 5.57. The lowest BCUT2D eigenvalue weighted by molar-refractivity contribution is -0.115. The van der Waals surface area contributed by atoms with Gasteiger partial charge in [-0.25, -0.2) is 0 Å². The van der Waals surface area contributed by atoms with Crippen molar-refractivity contribution in [2.24, 2.45) is 0 Å². The molecule has 150 valence electrons. The Bertz CT molecular complexity index is 999. The number of carbonyl (C=O) groups excluding carboxylic acids is 2. The molecular weight excluding hydrogens is 384 g/mol. The highest BCUT2D eigenvalue weighted by Gasteiger charge is 2.19. The van der Waals surface area contributed by atoms with Crippen molar-refractivity contribution in [1.82, 2.24) is 0 Å². The lowest BCUT2D eigenvalue weighted by Crippen LogP contribution is -2.24. The molecule has 1 unspecified atom stereocenters. The molecule has 2 amide bonds. The van der Waals surface area contributed by atoms with Crippen LogP contribution in [0.2, 0.25) is 0 Å². The summed E-state index contributed by atoms with van der Waals surface area (Å²) >= 11 is 1.48. The molecule has 1 heterocycles. The van der Waals surface area contributed by atoms with Gasteiger partial charge in [0, 0.05) is 16.3 Å². The molecule has 1 aromatic heterocycles. The number of hydrogen-bond acceptors (Lipinski definition) is 4. The molecule has 0 fully saturated rings. The summed E-state index contributed by atoms with van der Waals surface area (Å²) < 4.78 is 5.11. The first-order valence-corrected chi connectivity index (χ1v) is 10.3. The molecule has 29 heavy (non-hydrogen) atoms. The molecule has 0 saturated heterocycles. The monoisotopic (exact) mass is 408 g/mol. The maximum atomic E-state index is 12.7. The summed E-state index contributed by atoms with van der Waals surface area (Å²) in [6.07, 6.45) is 2.14. The van der Waals surface area contributed by atoms with E-state index in [1.165, 1.54) is 23.6 Å². The van der Waals surface area contributed by atoms with E-state index in [0.717, 1.165) is 16.1 Å². The second-order valence-electron chi connectivity index (χ2n) is 6.76. The first-order valence-electron chi connectivity index (χ1n) is 9.46. The third-order valence-electron chi connectivity index (χ3n) is 4.55. The van der Waals surface area contributed by atoms with E-state index in [1.54, 1.807) is 18.2 Å². The Labute approximate surface area is 174 Å². The van der Waals surface area contributed by atoms with E-state index in [0.29, 0.717) is 12.1 Å². The molecule has 0 bridgehead atoms. The number of aryl methyl sites for hydroxylation is 2. The molecule has 1 atom stereocenters. The number of thioether (sulfide) groups is 1. The molecule has 0 aliphatic heterocycles. The summed E-state index contributed by atoms with van der Waals surface area (Å²) in [4.78, 5) is 25.8. The summed E-state index contributed by atoms with van der Waals surface area (Å²) in [6.45, 7) is 6.06. The van der Waals surface area contributed by atoms with Crippen LogP contribution in [-0.2, 0) is 4.79 Å². The predicted octanol–water partition coefficient (Wildman–Crippen LogP) is 5.66. The fourth-order valence-corrected chi connectivity index (χ4v) is 3.79. The third-order valence-corrected chi connectivity index (χ3v) is 5.91. The topological polar surface area (TPSA) is 71.3 Å². The maximum Gasteiger partial charge on any atom is 0.291 e. The minimum Gasteiger partial charge on any atom is -0.459 e. The Morgan fingerprint density at radius 2 is 1.76 bits per heavy atom. The van der Waals surface area contributed by atoms with Crippen molar-refractivity contribution in [2.75, 3.05) is 10.6 Å². The van der Waals surface area contributed by atoms with Gasteiger partial charge in [0.25, 0.3) is 5.91 Å². The third kappa shape index (κ3) is 5.51. The van der Waals surface area contributed by atoms with Crippen molar-refractivity contribution in [2.45, 2.75) is 37.3 Å². The van der Waals surface area contributed by atoms with Gasteiger partial charge in [0.2, 0.25) is 5.91 Å². The Morgan fingerprint density at radius 3 is 2.45 bits per heavy atom. The number of nitrogens with one attached hydrogen (secondary N) is 2. The van der Waals surface area contributed by atoms with E-state index in [4.69, 9.17) is 4.42 Å². The van der Waals surface area contributed by atoms with Gasteiger partial charge in [-0.15, -0.1) is 11.8 Å². The number of amides is 2. The van der Waals surface area contributed by atoms with E-state index < -0.39 is 0 Å². The van der Waals surface area contributed by atoms with Crippen molar-refractivity contribution >= 4 is 35.0 Å². The molecule has 0 aliphatic rings. The Hall–Kier alpha value is -2.99. The average molecular weight is 409 g/mol. The van der Waals surface area contributed by atoms with Crippen LogP contribution in [0.25, 0.3) is 0 Å². The first kappa shape index (κ1) is 20.7. The average Bonchev–Trinajstić information content (AvgIpc) is 3.24. The van der Waals surface area contributed by atoms with Crippen LogP contribution in [0.15, 0.2) is 70.2 Å². The standard InChI is InChI=1S/C23H24N2O3S/c1-4-21(23(27)25-18-11-10-15(2)16(3)13-18)29-19-8-5-7-17(14-19)24-22(26)20-9-6-12-28-20/h5-14,21H,4H2,1-3H3,(H,24,26)(H,25,27). The quantitative estimate of drug-likeness (QED) is 0.495. The maximum absolute atomic E-state index is 12.7. The van der Waals surface area contributed by atoms with Gasteiger partial charge in [0.1, 0.15) is 0 Å². The summed E-state index contributed by atoms with van der Waals surface area (Å²) in [5.74, 6) is -0.0929. The van der Waals surface area contributed by atoms with Gasteiger partial charge in [-0.1, -0.05) is 19.1 Å². The Balaban J connectivity index is 1.66. The highest BCUT2D eigenvalue weighted by molar-refractivity contribution is 8.00. The van der Waals surface area contributed by atoms with Gasteiger partial charge in [0.05, 0.1) is 11.5 Å². The SMILES string of the molecule is CCC(Sc1cccc(NC(=O)c2ccco2)c1)C(=O)Nc1ccc(C)c(C)c1. The normalized spacial score (nSPS) is 11.7. The zero-order valence-electron chi connectivity index (χ0n) is 16.7. The molecule has 2 N–H and O–H groups in total. The lowest BCUT2D eigenvalue weighted by atomic mass is 10.1. The molecule has 0 aliphatic carbocycles. The summed E-state index contributed by atoms with van der Waals surface area (Å²) in [6, 6.07) is 16.6. The molecule has 6 heteroatoms. The summed E-state index contributed by atoms with van der Waals surface area (Å²) in [7, 11) is 0. The van der Waals surface area contributed by atoms with Gasteiger partial charge in [0.15, 0.2) is 5.76 Å². The van der Waals surface area contributed by atoms with Gasteiger partial charge in [-0.2, -0.15) is 0 Å². The molecule has 3 rings (SSSR count). The zero-order valence-corrected chi connectivity index (χ0v) is 17.5. The molecule has 0 radical (unpaired) electrons. The number of furan rings is 1. The van der Waals surface area contributed by atoms with Gasteiger partial charge in [-0.05, 0) is 73.9 Å². The van der Waals surface area contributed by atoms with Crippen LogP contribution < -0.4 is 10.6 Å². The molecule has 5 nitrogen and oxygen atoms in total. The second-order valence-corrected chi connectivity index (χ2v) is 8.04. The molecule has 0 saturated carbocycles. The van der Waals surface area contributed by atoms with Crippen LogP contribution in [0.5, 0.6) is 0 Å². The number of rotatable bonds is 7. The van der Waals surface area contributed by atoms with Crippen LogP contribution >= 0.6 is 11.8 Å². The minimum absolute atomic E-state index is 0.0363. The number of benzene rings is 2. The van der Waals surface area contributed by atoms with Gasteiger partial charge in [-0.3, -0.25) is 9.59 Å². The van der Waals surface area contributed by atoms with Crippen LogP contribution in [-0.4, -0.2) is 17.1 Å². The van der Waals surface area contributed by atoms with E-state index in [9.17, 15) is 9.59 Å². The van der Waals surface area contributed by atoms with Crippen LogP contribution in [0, 0.1) is 13.8 Å². The predicted molar refractivity (Wildman–Crippen MR) is 118 cm³/mol. The summed E-state index contributed by atoms with van der Waals surface area (Å²) in [5.41, 5.74) is 3.79. The molecule has 0 spiro atoms. The van der Waals surface area contributed by atoms with E-state index in [2.05, 4.69) is 10.6 Å². The molecular formula is C23H24N2O3S. The van der Waals surface area contributed by atoms with Crippen LogP contribution in [0.4, 0.5) is 11.4 Å². The fraction of sp³-hybridized carbons (Fsp3) is 0.217. The van der Waals surface area contributed by atoms with Crippen molar-refractivity contribution < 1.29 is 14.0 Å². The zero-order chi connectivity index (χ0) is 20.8. The van der Waals surface area contributed by atoms with Crippen LogP contribution in [0.3, 0.4) is 0 Å². The highest BCUT2D eigenvalue weighted by atomic mass is 32.2.